The van der Waals surface area contributed by atoms with E-state index in [0.717, 1.165) is 36.1 Å². The van der Waals surface area contributed by atoms with Crippen LogP contribution in [0.3, 0.4) is 0 Å². The number of aryl methyl sites for hydroxylation is 1. The Hall–Kier alpha value is -2.16. The van der Waals surface area contributed by atoms with Gasteiger partial charge in [0.2, 0.25) is 0 Å². The second kappa shape index (κ2) is 5.08. The number of pyridine rings is 1. The van der Waals surface area contributed by atoms with Gasteiger partial charge in [-0.15, -0.1) is 0 Å². The second-order valence-corrected chi connectivity index (χ2v) is 5.38. The van der Waals surface area contributed by atoms with Crippen LogP contribution < -0.4 is 5.73 Å². The number of carbonyl (C=O) groups is 1. The molecule has 3 rings (SSSR count). The summed E-state index contributed by atoms with van der Waals surface area (Å²) in [6, 6.07) is 9.56. The number of nitrogen functional groups attached to an aromatic ring is 1. The molecular weight excluding hydrogens is 248 g/mol. The summed E-state index contributed by atoms with van der Waals surface area (Å²) in [7, 11) is 0. The molecule has 0 saturated carbocycles. The van der Waals surface area contributed by atoms with Gasteiger partial charge in [0.25, 0.3) is 0 Å². The molecule has 0 spiro atoms. The van der Waals surface area contributed by atoms with Gasteiger partial charge in [-0.2, -0.15) is 0 Å². The summed E-state index contributed by atoms with van der Waals surface area (Å²) >= 11 is 0. The molecule has 1 atom stereocenters. The molecule has 20 heavy (non-hydrogen) atoms. The maximum Gasteiger partial charge on any atom is 0.172 e. The van der Waals surface area contributed by atoms with Crippen molar-refractivity contribution in [3.05, 3.63) is 58.9 Å². The Bertz CT molecular complexity index is 664. The van der Waals surface area contributed by atoms with Gasteiger partial charge in [-0.25, -0.2) is 0 Å². The molecule has 102 valence electrons. The van der Waals surface area contributed by atoms with Crippen LogP contribution in [-0.2, 0) is 6.42 Å². The largest absolute Gasteiger partial charge is 0.398 e. The number of anilines is 1. The van der Waals surface area contributed by atoms with Crippen molar-refractivity contribution < 1.29 is 4.79 Å². The molecule has 3 nitrogen and oxygen atoms in total. The number of nitrogens with zero attached hydrogens (tertiary/aromatic N) is 1. The van der Waals surface area contributed by atoms with Crippen LogP contribution in [0.2, 0.25) is 0 Å². The summed E-state index contributed by atoms with van der Waals surface area (Å²) in [6.07, 6.45) is 4.70. The quantitative estimate of drug-likeness (QED) is 0.670. The highest BCUT2D eigenvalue weighted by Gasteiger charge is 2.29. The van der Waals surface area contributed by atoms with Crippen molar-refractivity contribution in [3.8, 4) is 0 Å². The van der Waals surface area contributed by atoms with E-state index in [1.165, 1.54) is 5.56 Å². The molecule has 1 heterocycles. The standard InChI is InChI=1S/C17H18N2O/c1-11-13(7-3-9-15(11)18)17(20)14-8-2-5-12-6-4-10-19-16(12)14/h3-4,6-7,9-10,14H,2,5,8,18H2,1H3. The number of ketones is 1. The summed E-state index contributed by atoms with van der Waals surface area (Å²) in [5, 5.41) is 0. The fraction of sp³-hybridized carbons (Fsp3) is 0.294. The first-order chi connectivity index (χ1) is 9.68. The molecule has 1 aromatic heterocycles. The van der Waals surface area contributed by atoms with Crippen LogP contribution in [0, 0.1) is 6.92 Å². The van der Waals surface area contributed by atoms with Crippen LogP contribution in [0.25, 0.3) is 0 Å². The Balaban J connectivity index is 2.02. The van der Waals surface area contributed by atoms with Crippen molar-refractivity contribution in [1.82, 2.24) is 4.98 Å². The van der Waals surface area contributed by atoms with Gasteiger partial charge in [-0.3, -0.25) is 9.78 Å². The number of rotatable bonds is 2. The highest BCUT2D eigenvalue weighted by atomic mass is 16.1. The van der Waals surface area contributed by atoms with Crippen molar-refractivity contribution >= 4 is 11.5 Å². The minimum absolute atomic E-state index is 0.125. The number of hydrogen-bond donors (Lipinski definition) is 1. The topological polar surface area (TPSA) is 56.0 Å². The number of fused-ring (bicyclic) bond motifs is 1. The van der Waals surface area contributed by atoms with Gasteiger partial charge in [-0.05, 0) is 49.4 Å². The number of nitrogens with two attached hydrogens (primary N) is 1. The Labute approximate surface area is 118 Å². The van der Waals surface area contributed by atoms with Crippen LogP contribution in [-0.4, -0.2) is 10.8 Å². The first-order valence-corrected chi connectivity index (χ1v) is 7.01. The molecular formula is C17H18N2O. The number of carbonyl (C=O) groups excluding carboxylic acids is 1. The van der Waals surface area contributed by atoms with Crippen molar-refractivity contribution in [1.29, 1.82) is 0 Å². The lowest BCUT2D eigenvalue weighted by Crippen LogP contribution is -2.21. The molecule has 1 aromatic carbocycles. The summed E-state index contributed by atoms with van der Waals surface area (Å²) < 4.78 is 0. The molecule has 2 N–H and O–H groups in total. The lowest BCUT2D eigenvalue weighted by atomic mass is 9.81. The molecule has 0 saturated heterocycles. The van der Waals surface area contributed by atoms with E-state index in [2.05, 4.69) is 11.1 Å². The van der Waals surface area contributed by atoms with Gasteiger partial charge in [-0.1, -0.05) is 18.2 Å². The monoisotopic (exact) mass is 266 g/mol. The first kappa shape index (κ1) is 12.9. The predicted molar refractivity (Wildman–Crippen MR) is 79.8 cm³/mol. The Morgan fingerprint density at radius 1 is 1.30 bits per heavy atom. The molecule has 2 aromatic rings. The first-order valence-electron chi connectivity index (χ1n) is 7.01. The lowest BCUT2D eigenvalue weighted by molar-refractivity contribution is 0.0948. The van der Waals surface area contributed by atoms with Crippen molar-refractivity contribution in [2.45, 2.75) is 32.1 Å². The summed E-state index contributed by atoms with van der Waals surface area (Å²) in [5.74, 6) is 0.0231. The summed E-state index contributed by atoms with van der Waals surface area (Å²) in [4.78, 5) is 17.3. The second-order valence-electron chi connectivity index (χ2n) is 5.38. The van der Waals surface area contributed by atoms with Gasteiger partial charge < -0.3 is 5.73 Å². The van der Waals surface area contributed by atoms with Gasteiger partial charge in [0, 0.05) is 17.4 Å². The maximum atomic E-state index is 12.8. The van der Waals surface area contributed by atoms with Crippen molar-refractivity contribution in [2.75, 3.05) is 5.73 Å². The third kappa shape index (κ3) is 2.09. The molecule has 3 heteroatoms. The normalized spacial score (nSPS) is 17.6. The van der Waals surface area contributed by atoms with Crippen LogP contribution in [0.4, 0.5) is 5.69 Å². The van der Waals surface area contributed by atoms with E-state index in [0.29, 0.717) is 5.69 Å². The molecule has 0 aliphatic heterocycles. The van der Waals surface area contributed by atoms with E-state index in [-0.39, 0.29) is 11.7 Å². The maximum absolute atomic E-state index is 12.8. The van der Waals surface area contributed by atoms with Crippen molar-refractivity contribution in [2.24, 2.45) is 0 Å². The number of Topliss-reactive ketones (excluding diaryl/α,β-unsaturated/α-hetero) is 1. The summed E-state index contributed by atoms with van der Waals surface area (Å²) in [5.41, 5.74) is 10.4. The minimum Gasteiger partial charge on any atom is -0.398 e. The minimum atomic E-state index is -0.125. The van der Waals surface area contributed by atoms with Gasteiger partial charge in [0.05, 0.1) is 11.6 Å². The fourth-order valence-electron chi connectivity index (χ4n) is 2.97. The van der Waals surface area contributed by atoms with E-state index in [9.17, 15) is 4.79 Å². The van der Waals surface area contributed by atoms with E-state index < -0.39 is 0 Å². The predicted octanol–water partition coefficient (Wildman–Crippen LogP) is 3.28. The Kier molecular flexibility index (Phi) is 3.26. The highest BCUT2D eigenvalue weighted by Crippen LogP contribution is 2.33. The van der Waals surface area contributed by atoms with E-state index in [4.69, 9.17) is 5.73 Å². The zero-order chi connectivity index (χ0) is 14.1. The molecule has 0 bridgehead atoms. The molecule has 0 radical (unpaired) electrons. The van der Waals surface area contributed by atoms with Gasteiger partial charge >= 0.3 is 0 Å². The smallest absolute Gasteiger partial charge is 0.172 e. The molecule has 1 aliphatic carbocycles. The molecule has 0 amide bonds. The lowest BCUT2D eigenvalue weighted by Gasteiger charge is -2.23. The zero-order valence-electron chi connectivity index (χ0n) is 11.6. The third-order valence-electron chi connectivity index (χ3n) is 4.15. The number of benzene rings is 1. The Morgan fingerprint density at radius 2 is 2.15 bits per heavy atom. The number of hydrogen-bond acceptors (Lipinski definition) is 3. The fourth-order valence-corrected chi connectivity index (χ4v) is 2.97. The van der Waals surface area contributed by atoms with Crippen LogP contribution in [0.5, 0.6) is 0 Å². The zero-order valence-corrected chi connectivity index (χ0v) is 11.6. The van der Waals surface area contributed by atoms with Gasteiger partial charge in [0.1, 0.15) is 0 Å². The molecule has 0 fully saturated rings. The van der Waals surface area contributed by atoms with Crippen LogP contribution in [0.15, 0.2) is 36.5 Å². The van der Waals surface area contributed by atoms with Crippen LogP contribution in [0.1, 0.15) is 45.9 Å². The molecule has 1 aliphatic rings. The average Bonchev–Trinajstić information content (AvgIpc) is 2.49. The van der Waals surface area contributed by atoms with Crippen LogP contribution >= 0.6 is 0 Å². The van der Waals surface area contributed by atoms with E-state index in [1.807, 2.05) is 31.2 Å². The van der Waals surface area contributed by atoms with E-state index >= 15 is 0 Å². The third-order valence-corrected chi connectivity index (χ3v) is 4.15. The van der Waals surface area contributed by atoms with Gasteiger partial charge in [0.15, 0.2) is 5.78 Å². The Morgan fingerprint density at radius 3 is 3.00 bits per heavy atom. The molecule has 1 unspecified atom stereocenters. The van der Waals surface area contributed by atoms with E-state index in [1.54, 1.807) is 6.20 Å². The summed E-state index contributed by atoms with van der Waals surface area (Å²) in [6.45, 7) is 1.91. The average molecular weight is 266 g/mol. The highest BCUT2D eigenvalue weighted by molar-refractivity contribution is 6.03. The number of aromatic nitrogens is 1. The SMILES string of the molecule is Cc1c(N)cccc1C(=O)C1CCCc2cccnc21. The van der Waals surface area contributed by atoms with Crippen molar-refractivity contribution in [3.63, 3.8) is 0 Å².